The summed E-state index contributed by atoms with van der Waals surface area (Å²) in [5, 5.41) is 6.51. The third kappa shape index (κ3) is 3.12. The Morgan fingerprint density at radius 2 is 2.08 bits per heavy atom. The van der Waals surface area contributed by atoms with E-state index in [9.17, 15) is 4.79 Å². The second-order valence-corrected chi connectivity index (χ2v) is 7.21. The highest BCUT2D eigenvalue weighted by atomic mass is 16.1. The molecule has 0 unspecified atom stereocenters. The van der Waals surface area contributed by atoms with Gasteiger partial charge in [-0.3, -0.25) is 9.89 Å². The normalized spacial score (nSPS) is 13.5. The summed E-state index contributed by atoms with van der Waals surface area (Å²) in [6.45, 7) is 10.9. The molecule has 3 rings (SSSR count). The molecule has 0 aliphatic heterocycles. The quantitative estimate of drug-likeness (QED) is 0.685. The summed E-state index contributed by atoms with van der Waals surface area (Å²) < 4.78 is 1.49. The molecule has 3 aromatic rings. The molecule has 1 atom stereocenters. The first kappa shape index (κ1) is 16.4. The van der Waals surface area contributed by atoms with Crippen molar-refractivity contribution < 1.29 is 0 Å². The van der Waals surface area contributed by atoms with E-state index in [2.05, 4.69) is 46.1 Å². The van der Waals surface area contributed by atoms with Crippen LogP contribution in [0, 0.1) is 6.92 Å². The second kappa shape index (κ2) is 5.90. The highest BCUT2D eigenvalue weighted by molar-refractivity contribution is 5.41. The van der Waals surface area contributed by atoms with Crippen molar-refractivity contribution in [3.05, 3.63) is 51.6 Å². The minimum Gasteiger partial charge on any atom is -0.348 e. The van der Waals surface area contributed by atoms with E-state index in [1.807, 2.05) is 19.9 Å². The number of hydrogen-bond acceptors (Lipinski definition) is 4. The second-order valence-electron chi connectivity index (χ2n) is 7.21. The van der Waals surface area contributed by atoms with Gasteiger partial charge in [-0.05, 0) is 13.8 Å². The largest absolute Gasteiger partial charge is 0.348 e. The number of aromatic nitrogens is 5. The highest BCUT2D eigenvalue weighted by Gasteiger charge is 2.19. The van der Waals surface area contributed by atoms with Gasteiger partial charge in [0.2, 0.25) is 0 Å². The van der Waals surface area contributed by atoms with Crippen LogP contribution in [0.5, 0.6) is 0 Å². The van der Waals surface area contributed by atoms with Crippen LogP contribution in [0.2, 0.25) is 0 Å². The minimum atomic E-state index is -0.102. The van der Waals surface area contributed by atoms with Crippen LogP contribution in [0.25, 0.3) is 5.65 Å². The van der Waals surface area contributed by atoms with Gasteiger partial charge in [0, 0.05) is 41.5 Å². The van der Waals surface area contributed by atoms with Crippen LogP contribution in [0.4, 0.5) is 0 Å². The molecule has 3 aromatic heterocycles. The van der Waals surface area contributed by atoms with E-state index in [0.717, 1.165) is 22.8 Å². The van der Waals surface area contributed by atoms with Crippen LogP contribution in [-0.2, 0) is 12.0 Å². The van der Waals surface area contributed by atoms with Crippen molar-refractivity contribution in [1.29, 1.82) is 0 Å². The molecule has 7 heteroatoms. The molecule has 0 aliphatic carbocycles. The van der Waals surface area contributed by atoms with Crippen LogP contribution in [0.15, 0.2) is 23.3 Å². The Hall–Kier alpha value is -2.41. The molecule has 3 N–H and O–H groups in total. The Kier molecular flexibility index (Phi) is 4.04. The summed E-state index contributed by atoms with van der Waals surface area (Å²) in [7, 11) is 0. The van der Waals surface area contributed by atoms with Gasteiger partial charge < -0.3 is 10.3 Å². The van der Waals surface area contributed by atoms with Crippen molar-refractivity contribution in [2.24, 2.45) is 0 Å². The summed E-state index contributed by atoms with van der Waals surface area (Å²) in [6.07, 6.45) is 1.68. The Labute approximate surface area is 140 Å². The predicted octanol–water partition coefficient (Wildman–Crippen LogP) is 2.20. The molecule has 0 spiro atoms. The summed E-state index contributed by atoms with van der Waals surface area (Å²) in [5.74, 6) is 0. The Bertz CT molecular complexity index is 911. The lowest BCUT2D eigenvalue weighted by Gasteiger charge is -2.14. The number of aromatic amines is 2. The molecule has 128 valence electrons. The first-order valence-electron chi connectivity index (χ1n) is 8.11. The third-order valence-electron chi connectivity index (χ3n) is 4.23. The Morgan fingerprint density at radius 1 is 1.33 bits per heavy atom. The van der Waals surface area contributed by atoms with Crippen molar-refractivity contribution in [2.45, 2.75) is 52.6 Å². The molecule has 0 saturated carbocycles. The van der Waals surface area contributed by atoms with E-state index >= 15 is 0 Å². The predicted molar refractivity (Wildman–Crippen MR) is 93.1 cm³/mol. The number of nitrogens with one attached hydrogen (secondary N) is 3. The van der Waals surface area contributed by atoms with Crippen molar-refractivity contribution in [1.82, 2.24) is 29.9 Å². The molecule has 0 aliphatic rings. The maximum absolute atomic E-state index is 12.4. The number of fused-ring (bicyclic) bond motifs is 1. The van der Waals surface area contributed by atoms with E-state index in [1.54, 1.807) is 12.4 Å². The molecule has 0 fully saturated rings. The van der Waals surface area contributed by atoms with Crippen molar-refractivity contribution >= 4 is 5.65 Å². The van der Waals surface area contributed by atoms with Gasteiger partial charge in [-0.25, -0.2) is 14.5 Å². The Morgan fingerprint density at radius 3 is 2.71 bits per heavy atom. The number of nitrogens with zero attached hydrogens (tertiary/aromatic N) is 3. The maximum atomic E-state index is 12.4. The number of hydrogen-bond donors (Lipinski definition) is 3. The zero-order chi connectivity index (χ0) is 17.5. The maximum Gasteiger partial charge on any atom is 0.272 e. The molecule has 0 saturated heterocycles. The van der Waals surface area contributed by atoms with Gasteiger partial charge in [0.05, 0.1) is 17.7 Å². The van der Waals surface area contributed by atoms with Gasteiger partial charge in [0.25, 0.3) is 5.56 Å². The monoisotopic (exact) mass is 328 g/mol. The first-order chi connectivity index (χ1) is 11.3. The third-order valence-corrected chi connectivity index (χ3v) is 4.23. The summed E-state index contributed by atoms with van der Waals surface area (Å²) in [6, 6.07) is 3.47. The summed E-state index contributed by atoms with van der Waals surface area (Å²) in [4.78, 5) is 24.3. The molecule has 0 bridgehead atoms. The van der Waals surface area contributed by atoms with Gasteiger partial charge in [-0.1, -0.05) is 20.8 Å². The molecular formula is C17H24N6O. The highest BCUT2D eigenvalue weighted by Crippen LogP contribution is 2.21. The van der Waals surface area contributed by atoms with Crippen LogP contribution in [-0.4, -0.2) is 24.6 Å². The van der Waals surface area contributed by atoms with Gasteiger partial charge in [-0.2, -0.15) is 0 Å². The smallest absolute Gasteiger partial charge is 0.272 e. The van der Waals surface area contributed by atoms with E-state index in [0.29, 0.717) is 12.2 Å². The first-order valence-corrected chi connectivity index (χ1v) is 8.11. The number of H-pyrrole nitrogens is 2. The lowest BCUT2D eigenvalue weighted by Crippen LogP contribution is -2.23. The topological polar surface area (TPSA) is 90.9 Å². The van der Waals surface area contributed by atoms with Crippen molar-refractivity contribution in [2.75, 3.05) is 0 Å². The van der Waals surface area contributed by atoms with Crippen LogP contribution >= 0.6 is 0 Å². The number of aryl methyl sites for hydroxylation is 1. The average Bonchev–Trinajstić information content (AvgIpc) is 3.10. The molecular weight excluding hydrogens is 304 g/mol. The van der Waals surface area contributed by atoms with E-state index < -0.39 is 0 Å². The lowest BCUT2D eigenvalue weighted by molar-refractivity contribution is 0.551. The van der Waals surface area contributed by atoms with E-state index in [-0.39, 0.29) is 17.0 Å². The molecule has 7 nitrogen and oxygen atoms in total. The van der Waals surface area contributed by atoms with Crippen LogP contribution in [0.3, 0.4) is 0 Å². The van der Waals surface area contributed by atoms with Crippen LogP contribution < -0.4 is 10.9 Å². The fraction of sp³-hybridized carbons (Fsp3) is 0.471. The minimum absolute atomic E-state index is 0.0493. The molecule has 0 amide bonds. The standard InChI is InChI=1S/C17H24N6O/c1-10(18-8-13-11(2)19-9-20-13)12-6-16(24)23-15(21-12)7-14(22-23)17(3,4)5/h6-7,9-10,18,22H,8H2,1-5H3,(H,19,20)/t10-/m1/s1. The Balaban J connectivity index is 1.86. The van der Waals surface area contributed by atoms with Gasteiger partial charge >= 0.3 is 0 Å². The fourth-order valence-electron chi connectivity index (χ4n) is 2.54. The number of imidazole rings is 1. The molecule has 0 radical (unpaired) electrons. The van der Waals surface area contributed by atoms with E-state index in [4.69, 9.17) is 0 Å². The van der Waals surface area contributed by atoms with Crippen molar-refractivity contribution in [3.8, 4) is 0 Å². The van der Waals surface area contributed by atoms with Gasteiger partial charge in [0.15, 0.2) is 5.65 Å². The van der Waals surface area contributed by atoms with Gasteiger partial charge in [-0.15, -0.1) is 0 Å². The summed E-state index contributed by atoms with van der Waals surface area (Å²) in [5.41, 5.74) is 4.20. The molecule has 3 heterocycles. The van der Waals surface area contributed by atoms with Crippen LogP contribution in [0.1, 0.15) is 56.5 Å². The van der Waals surface area contributed by atoms with Crippen molar-refractivity contribution in [3.63, 3.8) is 0 Å². The SMILES string of the molecule is Cc1[nH]cnc1CN[C@H](C)c1cc(=O)n2[nH]c(C(C)(C)C)cc2n1. The summed E-state index contributed by atoms with van der Waals surface area (Å²) >= 11 is 0. The zero-order valence-corrected chi connectivity index (χ0v) is 14.8. The van der Waals surface area contributed by atoms with E-state index in [1.165, 1.54) is 4.52 Å². The average molecular weight is 328 g/mol. The zero-order valence-electron chi connectivity index (χ0n) is 14.8. The lowest BCUT2D eigenvalue weighted by atomic mass is 9.93. The molecule has 0 aromatic carbocycles. The fourth-order valence-corrected chi connectivity index (χ4v) is 2.54. The van der Waals surface area contributed by atoms with Gasteiger partial charge in [0.1, 0.15) is 0 Å². The molecule has 24 heavy (non-hydrogen) atoms. The number of rotatable bonds is 4.